The predicted molar refractivity (Wildman–Crippen MR) is 270 cm³/mol. The van der Waals surface area contributed by atoms with Gasteiger partial charge >= 0.3 is 29.8 Å². The van der Waals surface area contributed by atoms with E-state index in [9.17, 15) is 44.4 Å². The number of rotatable bonds is 49. The first-order valence-electron chi connectivity index (χ1n) is 25.1. The highest BCUT2D eigenvalue weighted by atomic mass is 16.6. The van der Waals surface area contributed by atoms with Crippen molar-refractivity contribution in [3.8, 4) is 17.2 Å². The first-order chi connectivity index (χ1) is 35.5. The third kappa shape index (κ3) is 41.4. The summed E-state index contributed by atoms with van der Waals surface area (Å²) in [5, 5.41) is 37.6. The zero-order valence-electron chi connectivity index (χ0n) is 45.5. The fourth-order valence-corrected chi connectivity index (χ4v) is 6.24. The quantitative estimate of drug-likeness (QED) is 0.0537. The molecule has 0 fully saturated rings. The molecule has 434 valence electrons. The van der Waals surface area contributed by atoms with E-state index < -0.39 is 62.6 Å². The lowest BCUT2D eigenvalue weighted by Gasteiger charge is -2.27. The Morgan fingerprint density at radius 3 is 1.13 bits per heavy atom. The number of esters is 1. The van der Waals surface area contributed by atoms with E-state index in [1.807, 2.05) is 55.4 Å². The first kappa shape index (κ1) is 68.5. The van der Waals surface area contributed by atoms with Crippen molar-refractivity contribution >= 4 is 29.8 Å². The van der Waals surface area contributed by atoms with Crippen LogP contribution in [0.3, 0.4) is 0 Å². The molecule has 0 unspecified atom stereocenters. The summed E-state index contributed by atoms with van der Waals surface area (Å²) in [7, 11) is 0. The standard InChI is InChI=1S/C50H87N3O22/c1-39(2)69-25-19-63-13-14-64-20-26-70-41-31-40(38-73-47(62)37-53(36-46(60)61)12-10-51(33-43(54)55)9-11-52(34-44(56)57)35-45(58)59)32-42(71-27-21-65-15-17-67-23-29-74-49(3,4)5)48(41)72-28-22-66-16-18-68-24-30-75-50(6,7)8/h31-32,39H,9-30,33-38H2,1-8H3,(H,54,55)(H,56,57)(H,58,59)(H,60,61). The van der Waals surface area contributed by atoms with Crippen molar-refractivity contribution in [1.29, 1.82) is 0 Å². The Bertz CT molecular complexity index is 1710. The largest absolute Gasteiger partial charge is 0.487 e. The number of hydrogen-bond donors (Lipinski definition) is 4. The van der Waals surface area contributed by atoms with Crippen LogP contribution in [0.4, 0.5) is 0 Å². The van der Waals surface area contributed by atoms with Crippen molar-refractivity contribution in [1.82, 2.24) is 14.7 Å². The second kappa shape index (κ2) is 40.7. The van der Waals surface area contributed by atoms with Gasteiger partial charge in [0.1, 0.15) is 26.4 Å². The monoisotopic (exact) mass is 1080 g/mol. The van der Waals surface area contributed by atoms with Crippen LogP contribution in [0.1, 0.15) is 61.0 Å². The number of nitrogens with zero attached hydrogens (tertiary/aromatic N) is 3. The predicted octanol–water partition coefficient (Wildman–Crippen LogP) is 2.27. The van der Waals surface area contributed by atoms with Crippen LogP contribution in [0, 0.1) is 0 Å². The highest BCUT2D eigenvalue weighted by Crippen LogP contribution is 2.39. The number of carbonyl (C=O) groups is 5. The molecule has 0 saturated heterocycles. The molecule has 0 atom stereocenters. The maximum Gasteiger partial charge on any atom is 0.320 e. The van der Waals surface area contributed by atoms with E-state index in [1.54, 1.807) is 12.1 Å². The third-order valence-corrected chi connectivity index (χ3v) is 9.50. The lowest BCUT2D eigenvalue weighted by molar-refractivity contribution is -0.148. The second-order valence-electron chi connectivity index (χ2n) is 18.9. The van der Waals surface area contributed by atoms with Crippen LogP contribution in [-0.4, -0.2) is 260 Å². The fraction of sp³-hybridized carbons (Fsp3) is 0.780. The lowest BCUT2D eigenvalue weighted by atomic mass is 10.2. The van der Waals surface area contributed by atoms with Gasteiger partial charge in [-0.2, -0.15) is 0 Å². The molecule has 25 heteroatoms. The summed E-state index contributed by atoms with van der Waals surface area (Å²) >= 11 is 0. The summed E-state index contributed by atoms with van der Waals surface area (Å²) in [6, 6.07) is 3.21. The molecule has 1 aromatic rings. The Labute approximate surface area is 441 Å². The molecule has 0 aliphatic heterocycles. The van der Waals surface area contributed by atoms with E-state index in [2.05, 4.69) is 0 Å². The van der Waals surface area contributed by atoms with E-state index in [-0.39, 0.29) is 107 Å². The van der Waals surface area contributed by atoms with Crippen molar-refractivity contribution in [2.45, 2.75) is 79.3 Å². The average molecular weight is 1080 g/mol. The van der Waals surface area contributed by atoms with E-state index >= 15 is 0 Å². The molecule has 0 aromatic heterocycles. The Morgan fingerprint density at radius 2 is 0.760 bits per heavy atom. The normalized spacial score (nSPS) is 12.0. The van der Waals surface area contributed by atoms with Crippen LogP contribution in [0.25, 0.3) is 0 Å². The molecule has 0 aliphatic carbocycles. The molecule has 75 heavy (non-hydrogen) atoms. The zero-order valence-corrected chi connectivity index (χ0v) is 45.5. The van der Waals surface area contributed by atoms with Crippen molar-refractivity contribution in [3.63, 3.8) is 0 Å². The number of hydrogen-bond acceptors (Lipinski definition) is 21. The molecule has 0 aliphatic rings. The van der Waals surface area contributed by atoms with E-state index in [1.165, 1.54) is 9.80 Å². The van der Waals surface area contributed by atoms with Crippen LogP contribution in [-0.2, 0) is 77.9 Å². The molecule has 1 aromatic carbocycles. The van der Waals surface area contributed by atoms with Gasteiger partial charge in [-0.1, -0.05) is 0 Å². The fourth-order valence-electron chi connectivity index (χ4n) is 6.24. The highest BCUT2D eigenvalue weighted by Gasteiger charge is 2.22. The van der Waals surface area contributed by atoms with E-state index in [4.69, 9.17) is 61.6 Å². The molecule has 4 N–H and O–H groups in total. The Balaban J connectivity index is 3.23. The number of aliphatic carboxylic acids is 4. The maximum absolute atomic E-state index is 13.3. The Morgan fingerprint density at radius 1 is 0.440 bits per heavy atom. The van der Waals surface area contributed by atoms with Gasteiger partial charge in [0, 0.05) is 26.2 Å². The molecule has 0 saturated carbocycles. The highest BCUT2D eigenvalue weighted by molar-refractivity contribution is 5.74. The van der Waals surface area contributed by atoms with Gasteiger partial charge in [0.2, 0.25) is 5.75 Å². The van der Waals surface area contributed by atoms with Crippen molar-refractivity contribution in [3.05, 3.63) is 17.7 Å². The Hall–Kier alpha value is -4.51. The Kier molecular flexibility index (Phi) is 37.2. The molecular formula is C50H87N3O22. The average Bonchev–Trinajstić information content (AvgIpc) is 3.29. The van der Waals surface area contributed by atoms with Gasteiger partial charge in [0.05, 0.1) is 149 Å². The van der Waals surface area contributed by atoms with Crippen LogP contribution >= 0.6 is 0 Å². The van der Waals surface area contributed by atoms with E-state index in [0.717, 1.165) is 4.90 Å². The molecular weight excluding hydrogens is 995 g/mol. The van der Waals surface area contributed by atoms with Crippen molar-refractivity contribution in [2.75, 3.05) is 178 Å². The van der Waals surface area contributed by atoms with Gasteiger partial charge in [0.25, 0.3) is 0 Å². The first-order valence-corrected chi connectivity index (χ1v) is 25.1. The van der Waals surface area contributed by atoms with E-state index in [0.29, 0.717) is 84.8 Å². The van der Waals surface area contributed by atoms with Gasteiger partial charge in [-0.3, -0.25) is 38.7 Å². The SMILES string of the molecule is CC(C)OCCOCCOCCOc1cc(COC(=O)CN(CCN(CCN(CC(=O)O)CC(=O)O)CC(=O)O)CC(=O)O)cc(OCCOCCOCCOC(C)(C)C)c1OCCOCCOCCOC(C)(C)C. The molecule has 0 heterocycles. The molecule has 25 nitrogen and oxygen atoms in total. The maximum atomic E-state index is 13.3. The smallest absolute Gasteiger partial charge is 0.320 e. The number of carbonyl (C=O) groups excluding carboxylic acids is 1. The van der Waals surface area contributed by atoms with Crippen LogP contribution in [0.2, 0.25) is 0 Å². The molecule has 0 amide bonds. The number of carboxylic acids is 4. The summed E-state index contributed by atoms with van der Waals surface area (Å²) in [5.41, 5.74) is -0.126. The van der Waals surface area contributed by atoms with Gasteiger partial charge < -0.3 is 82.0 Å². The molecule has 1 rings (SSSR count). The van der Waals surface area contributed by atoms with Gasteiger partial charge in [0.15, 0.2) is 11.5 Å². The third-order valence-electron chi connectivity index (χ3n) is 9.50. The summed E-state index contributed by atoms with van der Waals surface area (Å²) in [4.78, 5) is 63.2. The molecule has 0 bridgehead atoms. The summed E-state index contributed by atoms with van der Waals surface area (Å²) in [5.74, 6) is -5.15. The summed E-state index contributed by atoms with van der Waals surface area (Å²) in [6.45, 7) is 17.5. The number of benzene rings is 1. The number of carboxylic acid groups (broad SMARTS) is 4. The minimum absolute atomic E-state index is 0.0634. The van der Waals surface area contributed by atoms with Gasteiger partial charge in [-0.15, -0.1) is 0 Å². The summed E-state index contributed by atoms with van der Waals surface area (Å²) in [6.07, 6.45) is 0.0981. The zero-order chi connectivity index (χ0) is 55.9. The second-order valence-corrected chi connectivity index (χ2v) is 18.9. The minimum Gasteiger partial charge on any atom is -0.487 e. The van der Waals surface area contributed by atoms with Crippen LogP contribution < -0.4 is 14.2 Å². The summed E-state index contributed by atoms with van der Waals surface area (Å²) < 4.78 is 75.1. The minimum atomic E-state index is -1.27. The molecule has 0 spiro atoms. The van der Waals surface area contributed by atoms with Crippen molar-refractivity contribution < 1.29 is 106 Å². The van der Waals surface area contributed by atoms with Gasteiger partial charge in [-0.05, 0) is 73.1 Å². The van der Waals surface area contributed by atoms with Gasteiger partial charge in [-0.25, -0.2) is 0 Å². The topological polar surface area (TPSA) is 296 Å². The molecule has 0 radical (unpaired) electrons. The number of ether oxygens (including phenoxy) is 13. The van der Waals surface area contributed by atoms with Crippen LogP contribution in [0.15, 0.2) is 12.1 Å². The van der Waals surface area contributed by atoms with Crippen molar-refractivity contribution in [2.24, 2.45) is 0 Å². The van der Waals surface area contributed by atoms with Crippen LogP contribution in [0.5, 0.6) is 17.2 Å². The lowest BCUT2D eigenvalue weighted by Crippen LogP contribution is -2.45.